The van der Waals surface area contributed by atoms with E-state index in [2.05, 4.69) is 10.1 Å². The Kier molecular flexibility index (Phi) is 7.61. The van der Waals surface area contributed by atoms with Gasteiger partial charge in [0.1, 0.15) is 17.7 Å². The normalized spacial score (nSPS) is 15.9. The molecule has 1 amide bonds. The summed E-state index contributed by atoms with van der Waals surface area (Å²) in [6.07, 6.45) is 1.51. The van der Waals surface area contributed by atoms with Crippen molar-refractivity contribution in [2.45, 2.75) is 32.0 Å². The molecule has 9 nitrogen and oxygen atoms in total. The molecule has 0 radical (unpaired) electrons. The fourth-order valence-corrected chi connectivity index (χ4v) is 4.24. The number of aromatic nitrogens is 3. The lowest BCUT2D eigenvalue weighted by molar-refractivity contribution is -0.137. The van der Waals surface area contributed by atoms with Crippen LogP contribution in [0.3, 0.4) is 0 Å². The highest BCUT2D eigenvalue weighted by atomic mass is 19.2. The van der Waals surface area contributed by atoms with Crippen molar-refractivity contribution in [2.24, 2.45) is 0 Å². The molecule has 0 fully saturated rings. The monoisotopic (exact) mass is 547 g/mol. The number of alkyl halides is 1. The van der Waals surface area contributed by atoms with E-state index in [9.17, 15) is 22.8 Å². The number of benzene rings is 1. The van der Waals surface area contributed by atoms with E-state index < -0.39 is 41.5 Å². The zero-order valence-corrected chi connectivity index (χ0v) is 21.5. The second-order valence-corrected chi connectivity index (χ2v) is 9.03. The van der Waals surface area contributed by atoms with Crippen LogP contribution in [0.2, 0.25) is 0 Å². The number of carboxylic acid groups (broad SMARTS) is 1. The van der Waals surface area contributed by atoms with Crippen molar-refractivity contribution in [1.82, 2.24) is 19.5 Å². The van der Waals surface area contributed by atoms with Crippen LogP contribution in [-0.2, 0) is 9.53 Å². The molecule has 1 unspecified atom stereocenters. The number of carbonyl (C=O) groups is 2. The highest BCUT2D eigenvalue weighted by Gasteiger charge is 2.29. The summed E-state index contributed by atoms with van der Waals surface area (Å²) in [5.41, 5.74) is -0.0261. The summed E-state index contributed by atoms with van der Waals surface area (Å²) >= 11 is 0. The number of aliphatic carboxylic acids is 1. The van der Waals surface area contributed by atoms with Gasteiger partial charge in [0.2, 0.25) is 0 Å². The highest BCUT2D eigenvalue weighted by molar-refractivity contribution is 5.94. The number of ether oxygens (including phenoxy) is 1. The molecule has 0 saturated carbocycles. The maximum Gasteiger partial charge on any atom is 0.305 e. The molecule has 1 aromatic carbocycles. The summed E-state index contributed by atoms with van der Waals surface area (Å²) in [6.45, 7) is 1.56. The van der Waals surface area contributed by atoms with E-state index in [4.69, 9.17) is 9.84 Å². The number of carboxylic acids is 1. The van der Waals surface area contributed by atoms with E-state index in [1.54, 1.807) is 19.1 Å². The third-order valence-corrected chi connectivity index (χ3v) is 6.44. The van der Waals surface area contributed by atoms with Gasteiger partial charge in [-0.05, 0) is 25.1 Å². The molecule has 1 aliphatic carbocycles. The molecule has 0 bridgehead atoms. The number of nitrogens with zero attached hydrogens (tertiary/aromatic N) is 5. The minimum atomic E-state index is -1.64. The summed E-state index contributed by atoms with van der Waals surface area (Å²) in [5.74, 6) is -5.80. The van der Waals surface area contributed by atoms with Crippen LogP contribution in [0.4, 0.5) is 23.4 Å². The van der Waals surface area contributed by atoms with Gasteiger partial charge in [0.15, 0.2) is 28.8 Å². The van der Waals surface area contributed by atoms with Gasteiger partial charge in [-0.25, -0.2) is 22.5 Å². The smallest absolute Gasteiger partial charge is 0.305 e. The Bertz CT molecular complexity index is 1500. The fourth-order valence-electron chi connectivity index (χ4n) is 4.24. The number of hydrogen-bond donors (Lipinski definition) is 1. The molecular formula is C26H25F4N5O4. The van der Waals surface area contributed by atoms with Crippen LogP contribution in [-0.4, -0.2) is 69.9 Å². The first-order valence-electron chi connectivity index (χ1n) is 11.8. The molecule has 2 atom stereocenters. The highest BCUT2D eigenvalue weighted by Crippen LogP contribution is 2.32. The summed E-state index contributed by atoms with van der Waals surface area (Å²) in [6, 6.07) is 3.55. The van der Waals surface area contributed by atoms with Gasteiger partial charge in [-0.1, -0.05) is 6.08 Å². The fraction of sp³-hybridized carbons (Fsp3) is 0.308. The van der Waals surface area contributed by atoms with E-state index in [0.29, 0.717) is 0 Å². The van der Waals surface area contributed by atoms with Crippen molar-refractivity contribution in [3.05, 3.63) is 71.0 Å². The molecule has 3 aromatic rings. The third-order valence-electron chi connectivity index (χ3n) is 6.44. The summed E-state index contributed by atoms with van der Waals surface area (Å²) in [7, 11) is 4.32. The van der Waals surface area contributed by atoms with Gasteiger partial charge in [-0.2, -0.15) is 9.61 Å². The van der Waals surface area contributed by atoms with Gasteiger partial charge >= 0.3 is 5.97 Å². The Morgan fingerprint density at radius 3 is 2.46 bits per heavy atom. The molecule has 0 aliphatic heterocycles. The second kappa shape index (κ2) is 10.8. The van der Waals surface area contributed by atoms with E-state index in [1.807, 2.05) is 0 Å². The summed E-state index contributed by atoms with van der Waals surface area (Å²) in [4.78, 5) is 31.2. The zero-order valence-electron chi connectivity index (χ0n) is 21.5. The standard InChI is InChI=1S/C26H25F4N5O4/c1-13(8-23(36)37)33(2)26(38)19-11-21-31-18(14-9-16(28)24(30)17(29)10-14)12-22(35(21)32-19)34(3)25-15(27)6-5-7-20(25)39-4/h5,7,9-13,15H,6,8H2,1-4H3,(H,36,37)/t13-,15?/m1/s1. The third kappa shape index (κ3) is 5.29. The molecule has 206 valence electrons. The minimum absolute atomic E-state index is 0.00465. The molecule has 4 rings (SSSR count). The summed E-state index contributed by atoms with van der Waals surface area (Å²) in [5, 5.41) is 13.4. The van der Waals surface area contributed by atoms with Crippen LogP contribution >= 0.6 is 0 Å². The second-order valence-electron chi connectivity index (χ2n) is 9.03. The molecule has 39 heavy (non-hydrogen) atoms. The summed E-state index contributed by atoms with van der Waals surface area (Å²) < 4.78 is 63.4. The van der Waals surface area contributed by atoms with Crippen molar-refractivity contribution in [2.75, 3.05) is 26.1 Å². The lowest BCUT2D eigenvalue weighted by atomic mass is 10.1. The topological polar surface area (TPSA) is 100 Å². The number of allylic oxidation sites excluding steroid dienone is 3. The minimum Gasteiger partial charge on any atom is -0.495 e. The predicted octanol–water partition coefficient (Wildman–Crippen LogP) is 4.34. The molecule has 0 saturated heterocycles. The number of rotatable bonds is 8. The number of fused-ring (bicyclic) bond motifs is 1. The number of anilines is 1. The van der Waals surface area contributed by atoms with Gasteiger partial charge in [-0.15, -0.1) is 0 Å². The molecule has 13 heteroatoms. The number of amides is 1. The molecule has 2 aromatic heterocycles. The molecular weight excluding hydrogens is 522 g/mol. The average Bonchev–Trinajstić information content (AvgIpc) is 3.33. The van der Waals surface area contributed by atoms with Gasteiger partial charge in [0.05, 0.1) is 24.9 Å². The SMILES string of the molecule is COC1=C(N(C)c2cc(-c3cc(F)c(F)c(F)c3)nc3cc(C(=O)N(C)[C@H](C)CC(=O)O)nn23)C(F)CC=C1. The van der Waals surface area contributed by atoms with Crippen molar-refractivity contribution in [1.29, 1.82) is 0 Å². The number of methoxy groups -OCH3 is 1. The van der Waals surface area contributed by atoms with Crippen LogP contribution < -0.4 is 4.90 Å². The number of halogens is 4. The van der Waals surface area contributed by atoms with Gasteiger partial charge in [0, 0.05) is 44.3 Å². The molecule has 1 N–H and O–H groups in total. The van der Waals surface area contributed by atoms with E-state index in [0.717, 1.165) is 12.1 Å². The maximum absolute atomic E-state index is 15.1. The predicted molar refractivity (Wildman–Crippen MR) is 133 cm³/mol. The van der Waals surface area contributed by atoms with Crippen LogP contribution in [0.5, 0.6) is 0 Å². The van der Waals surface area contributed by atoms with Gasteiger partial charge in [0.25, 0.3) is 5.91 Å². The first-order valence-corrected chi connectivity index (χ1v) is 11.8. The van der Waals surface area contributed by atoms with Crippen LogP contribution in [0, 0.1) is 17.5 Å². The van der Waals surface area contributed by atoms with Crippen molar-refractivity contribution < 1.29 is 37.0 Å². The Hall–Kier alpha value is -4.42. The zero-order chi connectivity index (χ0) is 28.6. The van der Waals surface area contributed by atoms with Crippen LogP contribution in [0.25, 0.3) is 16.9 Å². The number of carbonyl (C=O) groups excluding carboxylic acids is 1. The van der Waals surface area contributed by atoms with E-state index in [-0.39, 0.29) is 52.7 Å². The molecule has 1 aliphatic rings. The quantitative estimate of drug-likeness (QED) is 0.331. The van der Waals surface area contributed by atoms with Crippen molar-refractivity contribution in [3.63, 3.8) is 0 Å². The average molecular weight is 548 g/mol. The molecule has 0 spiro atoms. The Balaban J connectivity index is 1.91. The Morgan fingerprint density at radius 2 is 1.85 bits per heavy atom. The Labute approximate surface area is 220 Å². The largest absolute Gasteiger partial charge is 0.495 e. The lowest BCUT2D eigenvalue weighted by Crippen LogP contribution is -2.36. The maximum atomic E-state index is 15.1. The van der Waals surface area contributed by atoms with Crippen molar-refractivity contribution >= 4 is 23.3 Å². The van der Waals surface area contributed by atoms with E-state index >= 15 is 4.39 Å². The molecule has 2 heterocycles. The number of hydrogen-bond acceptors (Lipinski definition) is 6. The van der Waals surface area contributed by atoms with E-state index in [1.165, 1.54) is 47.7 Å². The first kappa shape index (κ1) is 27.6. The van der Waals surface area contributed by atoms with Gasteiger partial charge < -0.3 is 19.6 Å². The van der Waals surface area contributed by atoms with Gasteiger partial charge in [-0.3, -0.25) is 9.59 Å². The van der Waals surface area contributed by atoms with Crippen LogP contribution in [0.1, 0.15) is 30.3 Å². The van der Waals surface area contributed by atoms with Crippen LogP contribution in [0.15, 0.2) is 47.9 Å². The van der Waals surface area contributed by atoms with Crippen molar-refractivity contribution in [3.8, 4) is 11.3 Å². The first-order chi connectivity index (χ1) is 18.4. The Morgan fingerprint density at radius 1 is 1.18 bits per heavy atom. The lowest BCUT2D eigenvalue weighted by Gasteiger charge is -2.28.